The van der Waals surface area contributed by atoms with Crippen LogP contribution in [-0.4, -0.2) is 41.9 Å². The van der Waals surface area contributed by atoms with Crippen LogP contribution in [0.25, 0.3) is 0 Å². The quantitative estimate of drug-likeness (QED) is 0.889. The molecule has 1 aliphatic heterocycles. The Kier molecular flexibility index (Phi) is 5.65. The van der Waals surface area contributed by atoms with Gasteiger partial charge >= 0.3 is 0 Å². The average Bonchev–Trinajstić information content (AvgIpc) is 2.49. The van der Waals surface area contributed by atoms with Crippen molar-refractivity contribution in [2.45, 2.75) is 38.8 Å². The topological polar surface area (TPSA) is 61.4 Å². The zero-order valence-corrected chi connectivity index (χ0v) is 13.2. The van der Waals surface area contributed by atoms with E-state index in [-0.39, 0.29) is 23.5 Å². The highest BCUT2D eigenvalue weighted by atomic mass is 19.1. The summed E-state index contributed by atoms with van der Waals surface area (Å²) in [5.74, 6) is -1.95. The van der Waals surface area contributed by atoms with Gasteiger partial charge in [-0.15, -0.1) is 0 Å². The van der Waals surface area contributed by atoms with Crippen molar-refractivity contribution in [2.75, 3.05) is 18.4 Å². The number of nitrogens with zero attached hydrogens (tertiary/aromatic N) is 1. The summed E-state index contributed by atoms with van der Waals surface area (Å²) in [6.45, 7) is 4.50. The molecule has 0 aromatic heterocycles. The Balaban J connectivity index is 1.97. The third-order valence-corrected chi connectivity index (χ3v) is 3.98. The van der Waals surface area contributed by atoms with E-state index in [4.69, 9.17) is 0 Å². The minimum Gasteiger partial charge on any atom is -0.352 e. The van der Waals surface area contributed by atoms with Crippen LogP contribution in [0.5, 0.6) is 0 Å². The van der Waals surface area contributed by atoms with Crippen LogP contribution in [-0.2, 0) is 9.59 Å². The molecule has 0 saturated carbocycles. The first-order valence-electron chi connectivity index (χ1n) is 7.64. The summed E-state index contributed by atoms with van der Waals surface area (Å²) in [6.07, 6.45) is 1.74. The van der Waals surface area contributed by atoms with E-state index < -0.39 is 17.7 Å². The van der Waals surface area contributed by atoms with Gasteiger partial charge in [0.2, 0.25) is 11.8 Å². The van der Waals surface area contributed by atoms with Gasteiger partial charge in [-0.1, -0.05) is 0 Å². The van der Waals surface area contributed by atoms with Gasteiger partial charge in [0.15, 0.2) is 0 Å². The predicted molar refractivity (Wildman–Crippen MR) is 82.9 cm³/mol. The Morgan fingerprint density at radius 2 is 2.09 bits per heavy atom. The van der Waals surface area contributed by atoms with E-state index >= 15 is 0 Å². The van der Waals surface area contributed by atoms with Crippen molar-refractivity contribution in [1.82, 2.24) is 10.2 Å². The van der Waals surface area contributed by atoms with Gasteiger partial charge in [-0.2, -0.15) is 0 Å². The number of likely N-dealkylation sites (tertiary alicyclic amines) is 1. The molecule has 5 nitrogen and oxygen atoms in total. The lowest BCUT2D eigenvalue weighted by Crippen LogP contribution is -2.52. The van der Waals surface area contributed by atoms with Gasteiger partial charge in [0.25, 0.3) is 0 Å². The molecule has 2 amide bonds. The Hall–Kier alpha value is -2.02. The number of piperidine rings is 1. The van der Waals surface area contributed by atoms with E-state index in [9.17, 15) is 18.4 Å². The number of rotatable bonds is 4. The van der Waals surface area contributed by atoms with Crippen molar-refractivity contribution in [2.24, 2.45) is 0 Å². The fourth-order valence-electron chi connectivity index (χ4n) is 2.76. The summed E-state index contributed by atoms with van der Waals surface area (Å²) in [5, 5.41) is 5.34. The van der Waals surface area contributed by atoms with Gasteiger partial charge < -0.3 is 10.6 Å². The normalized spacial score (nSPS) is 19.9. The van der Waals surface area contributed by atoms with Crippen molar-refractivity contribution >= 4 is 17.5 Å². The summed E-state index contributed by atoms with van der Waals surface area (Å²) >= 11 is 0. The standard InChI is InChI=1S/C16H21F2N3O2/c1-10(21-7-3-4-13(9-21)19-11(2)22)16(23)20-15-6-5-12(17)8-14(15)18/h5-6,8,10,13H,3-4,7,9H2,1-2H3,(H,19,22)(H,20,23). The number of amides is 2. The zero-order chi connectivity index (χ0) is 17.0. The highest BCUT2D eigenvalue weighted by Crippen LogP contribution is 2.18. The first kappa shape index (κ1) is 17.3. The Bertz CT molecular complexity index is 595. The first-order valence-corrected chi connectivity index (χ1v) is 7.64. The molecule has 7 heteroatoms. The average molecular weight is 325 g/mol. The van der Waals surface area contributed by atoms with Crippen LogP contribution in [0.15, 0.2) is 18.2 Å². The fourth-order valence-corrected chi connectivity index (χ4v) is 2.76. The minimum atomic E-state index is -0.805. The number of halogens is 2. The largest absolute Gasteiger partial charge is 0.352 e. The van der Waals surface area contributed by atoms with Crippen LogP contribution in [0.4, 0.5) is 14.5 Å². The van der Waals surface area contributed by atoms with E-state index in [1.54, 1.807) is 6.92 Å². The van der Waals surface area contributed by atoms with E-state index in [1.807, 2.05) is 4.90 Å². The molecule has 2 N–H and O–H groups in total. The third kappa shape index (κ3) is 4.72. The maximum Gasteiger partial charge on any atom is 0.241 e. The monoisotopic (exact) mass is 325 g/mol. The molecule has 23 heavy (non-hydrogen) atoms. The summed E-state index contributed by atoms with van der Waals surface area (Å²) in [5.41, 5.74) is -0.0429. The lowest BCUT2D eigenvalue weighted by molar-refractivity contribution is -0.121. The molecule has 1 saturated heterocycles. The van der Waals surface area contributed by atoms with Crippen LogP contribution in [0, 0.1) is 11.6 Å². The molecule has 1 aromatic carbocycles. The second kappa shape index (κ2) is 7.50. The number of nitrogens with one attached hydrogen (secondary N) is 2. The molecule has 0 radical (unpaired) electrons. The molecule has 126 valence electrons. The zero-order valence-electron chi connectivity index (χ0n) is 13.2. The number of hydrogen-bond acceptors (Lipinski definition) is 3. The fraction of sp³-hybridized carbons (Fsp3) is 0.500. The third-order valence-electron chi connectivity index (χ3n) is 3.98. The number of anilines is 1. The van der Waals surface area contributed by atoms with Gasteiger partial charge in [0.1, 0.15) is 11.6 Å². The Morgan fingerprint density at radius 3 is 2.74 bits per heavy atom. The highest BCUT2D eigenvalue weighted by Gasteiger charge is 2.28. The lowest BCUT2D eigenvalue weighted by atomic mass is 10.0. The molecule has 0 spiro atoms. The van der Waals surface area contributed by atoms with E-state index in [1.165, 1.54) is 13.0 Å². The van der Waals surface area contributed by atoms with E-state index in [2.05, 4.69) is 10.6 Å². The minimum absolute atomic E-state index is 0.0130. The maximum atomic E-state index is 13.6. The molecule has 1 aromatic rings. The molecule has 1 heterocycles. The van der Waals surface area contributed by atoms with Crippen LogP contribution in [0.3, 0.4) is 0 Å². The van der Waals surface area contributed by atoms with E-state index in [0.717, 1.165) is 31.5 Å². The van der Waals surface area contributed by atoms with Gasteiger partial charge in [-0.3, -0.25) is 14.5 Å². The van der Waals surface area contributed by atoms with Crippen molar-refractivity contribution in [3.05, 3.63) is 29.8 Å². The van der Waals surface area contributed by atoms with Crippen molar-refractivity contribution in [3.63, 3.8) is 0 Å². The number of carbonyl (C=O) groups is 2. The number of benzene rings is 1. The van der Waals surface area contributed by atoms with Crippen LogP contribution < -0.4 is 10.6 Å². The molecule has 2 unspecified atom stereocenters. The predicted octanol–water partition coefficient (Wildman–Crippen LogP) is 1.89. The first-order chi connectivity index (χ1) is 10.9. The molecule has 1 aliphatic rings. The van der Waals surface area contributed by atoms with Gasteiger partial charge in [-0.05, 0) is 38.4 Å². The smallest absolute Gasteiger partial charge is 0.241 e. The number of carbonyl (C=O) groups excluding carboxylic acids is 2. The van der Waals surface area contributed by atoms with Crippen molar-refractivity contribution in [1.29, 1.82) is 0 Å². The molecule has 1 fully saturated rings. The van der Waals surface area contributed by atoms with Gasteiger partial charge in [0.05, 0.1) is 11.7 Å². The van der Waals surface area contributed by atoms with Crippen LogP contribution in [0.1, 0.15) is 26.7 Å². The second-order valence-electron chi connectivity index (χ2n) is 5.82. The Morgan fingerprint density at radius 1 is 1.35 bits per heavy atom. The van der Waals surface area contributed by atoms with Crippen LogP contribution >= 0.6 is 0 Å². The summed E-state index contributed by atoms with van der Waals surface area (Å²) in [6, 6.07) is 2.56. The van der Waals surface area contributed by atoms with Crippen molar-refractivity contribution < 1.29 is 18.4 Å². The number of hydrogen-bond donors (Lipinski definition) is 2. The summed E-state index contributed by atoms with van der Waals surface area (Å²) in [4.78, 5) is 25.4. The molecule has 0 aliphatic carbocycles. The molecular weight excluding hydrogens is 304 g/mol. The summed E-state index contributed by atoms with van der Waals surface area (Å²) < 4.78 is 26.5. The van der Waals surface area contributed by atoms with Gasteiger partial charge in [0, 0.05) is 25.6 Å². The molecule has 0 bridgehead atoms. The SMILES string of the molecule is CC(=O)NC1CCCN(C(C)C(=O)Nc2ccc(F)cc2F)C1. The van der Waals surface area contributed by atoms with Crippen LogP contribution in [0.2, 0.25) is 0 Å². The molecule has 2 rings (SSSR count). The van der Waals surface area contributed by atoms with E-state index in [0.29, 0.717) is 6.54 Å². The summed E-state index contributed by atoms with van der Waals surface area (Å²) in [7, 11) is 0. The van der Waals surface area contributed by atoms with Gasteiger partial charge in [-0.25, -0.2) is 8.78 Å². The second-order valence-corrected chi connectivity index (χ2v) is 5.82. The maximum absolute atomic E-state index is 13.6. The molecular formula is C16H21F2N3O2. The lowest BCUT2D eigenvalue weighted by Gasteiger charge is -2.36. The molecule has 2 atom stereocenters. The highest BCUT2D eigenvalue weighted by molar-refractivity contribution is 5.94. The van der Waals surface area contributed by atoms with Crippen molar-refractivity contribution in [3.8, 4) is 0 Å². The Labute approximate surface area is 134 Å².